The molecule has 1 fully saturated rings. The summed E-state index contributed by atoms with van der Waals surface area (Å²) < 4.78 is 7.13. The Labute approximate surface area is 154 Å². The molecule has 4 rings (SSSR count). The Bertz CT molecular complexity index is 1050. The lowest BCUT2D eigenvalue weighted by atomic mass is 10.1. The molecule has 0 unspecified atom stereocenters. The maximum Gasteiger partial charge on any atom is 0.298 e. The second-order valence-corrected chi connectivity index (χ2v) is 6.92. The maximum atomic E-state index is 12.8. The molecule has 1 aliphatic rings. The number of nitrogens with zero attached hydrogens (tertiary/aromatic N) is 2. The van der Waals surface area contributed by atoms with Crippen LogP contribution in [0, 0.1) is 0 Å². The molecule has 0 bridgehead atoms. The quantitative estimate of drug-likeness (QED) is 0.645. The summed E-state index contributed by atoms with van der Waals surface area (Å²) >= 11 is 0.957. The van der Waals surface area contributed by atoms with E-state index in [1.165, 1.54) is 4.90 Å². The molecule has 5 nitrogen and oxygen atoms in total. The van der Waals surface area contributed by atoms with E-state index in [0.717, 1.165) is 28.2 Å². The van der Waals surface area contributed by atoms with Gasteiger partial charge in [-0.25, -0.2) is 4.90 Å². The first-order valence-electron chi connectivity index (χ1n) is 8.04. The Morgan fingerprint density at radius 3 is 2.50 bits per heavy atom. The molecule has 1 aliphatic heterocycles. The van der Waals surface area contributed by atoms with Crippen molar-refractivity contribution in [1.82, 2.24) is 4.57 Å². The lowest BCUT2D eigenvalue weighted by Gasteiger charge is -2.12. The van der Waals surface area contributed by atoms with Gasteiger partial charge in [0.1, 0.15) is 5.75 Å². The van der Waals surface area contributed by atoms with Crippen molar-refractivity contribution in [2.75, 3.05) is 12.0 Å². The van der Waals surface area contributed by atoms with Crippen LogP contribution in [-0.4, -0.2) is 22.8 Å². The SMILES string of the molecule is COc1ccc(N2C(=O)S/C(=C/c3cn(C)c4ccccc34)C2=O)cc1. The van der Waals surface area contributed by atoms with Crippen molar-refractivity contribution in [1.29, 1.82) is 0 Å². The van der Waals surface area contributed by atoms with Gasteiger partial charge in [-0.1, -0.05) is 18.2 Å². The summed E-state index contributed by atoms with van der Waals surface area (Å²) in [5.74, 6) is 0.366. The maximum absolute atomic E-state index is 12.8. The molecule has 3 aromatic rings. The van der Waals surface area contributed by atoms with Crippen molar-refractivity contribution < 1.29 is 14.3 Å². The largest absolute Gasteiger partial charge is 0.497 e. The normalized spacial score (nSPS) is 16.1. The molecule has 0 spiro atoms. The van der Waals surface area contributed by atoms with E-state index in [1.807, 2.05) is 42.1 Å². The second-order valence-electron chi connectivity index (χ2n) is 5.93. The molecule has 2 aromatic carbocycles. The van der Waals surface area contributed by atoms with Gasteiger partial charge in [0, 0.05) is 29.7 Å². The van der Waals surface area contributed by atoms with Crippen LogP contribution < -0.4 is 9.64 Å². The fourth-order valence-electron chi connectivity index (χ4n) is 3.05. The van der Waals surface area contributed by atoms with Crippen LogP contribution in [0.5, 0.6) is 5.75 Å². The van der Waals surface area contributed by atoms with Crippen molar-refractivity contribution in [2.24, 2.45) is 7.05 Å². The molecule has 1 aromatic heterocycles. The molecule has 0 N–H and O–H groups in total. The molecule has 2 amide bonds. The molecular weight excluding hydrogens is 348 g/mol. The Balaban J connectivity index is 1.71. The van der Waals surface area contributed by atoms with Crippen LogP contribution in [0.25, 0.3) is 17.0 Å². The van der Waals surface area contributed by atoms with Crippen LogP contribution in [0.3, 0.4) is 0 Å². The lowest BCUT2D eigenvalue weighted by molar-refractivity contribution is -0.113. The average Bonchev–Trinajstić information content (AvgIpc) is 3.12. The zero-order valence-electron chi connectivity index (χ0n) is 14.3. The number of para-hydroxylation sites is 1. The van der Waals surface area contributed by atoms with Gasteiger partial charge >= 0.3 is 0 Å². The second kappa shape index (κ2) is 6.38. The van der Waals surface area contributed by atoms with E-state index in [2.05, 4.69) is 0 Å². The molecule has 0 atom stereocenters. The first-order chi connectivity index (χ1) is 12.6. The Hall–Kier alpha value is -2.99. The number of carbonyl (C=O) groups excluding carboxylic acids is 2. The van der Waals surface area contributed by atoms with Gasteiger partial charge in [-0.3, -0.25) is 9.59 Å². The van der Waals surface area contributed by atoms with Gasteiger partial charge < -0.3 is 9.30 Å². The Morgan fingerprint density at radius 2 is 1.77 bits per heavy atom. The van der Waals surface area contributed by atoms with Crippen molar-refractivity contribution in [3.05, 3.63) is 65.2 Å². The van der Waals surface area contributed by atoms with Gasteiger partial charge in [0.15, 0.2) is 0 Å². The first-order valence-corrected chi connectivity index (χ1v) is 8.86. The summed E-state index contributed by atoms with van der Waals surface area (Å²) in [7, 11) is 3.53. The van der Waals surface area contributed by atoms with Crippen LogP contribution in [0.1, 0.15) is 5.56 Å². The minimum absolute atomic E-state index is 0.299. The van der Waals surface area contributed by atoms with E-state index < -0.39 is 0 Å². The fraction of sp³-hybridized carbons (Fsp3) is 0.100. The number of hydrogen-bond donors (Lipinski definition) is 0. The Morgan fingerprint density at radius 1 is 1.04 bits per heavy atom. The number of hydrogen-bond acceptors (Lipinski definition) is 4. The zero-order valence-corrected chi connectivity index (χ0v) is 15.1. The van der Waals surface area contributed by atoms with Crippen molar-refractivity contribution in [3.8, 4) is 5.75 Å². The third-order valence-corrected chi connectivity index (χ3v) is 5.21. The number of benzene rings is 2. The van der Waals surface area contributed by atoms with Crippen molar-refractivity contribution in [2.45, 2.75) is 0 Å². The third kappa shape index (κ3) is 2.68. The van der Waals surface area contributed by atoms with E-state index in [0.29, 0.717) is 16.3 Å². The standard InChI is InChI=1S/C20H16N2O3S/c1-21-12-13(16-5-3-4-6-17(16)21)11-18-19(23)22(20(24)26-18)14-7-9-15(25-2)10-8-14/h3-12H,1-2H3/b18-11+. The number of fused-ring (bicyclic) bond motifs is 1. The highest BCUT2D eigenvalue weighted by molar-refractivity contribution is 8.19. The Kier molecular flexibility index (Phi) is 4.05. The van der Waals surface area contributed by atoms with Crippen molar-refractivity contribution >= 4 is 45.6 Å². The summed E-state index contributed by atoms with van der Waals surface area (Å²) in [5, 5.41) is 0.748. The zero-order chi connectivity index (χ0) is 18.3. The van der Waals surface area contributed by atoms with Gasteiger partial charge in [-0.15, -0.1) is 0 Å². The molecule has 130 valence electrons. The van der Waals surface area contributed by atoms with Crippen LogP contribution >= 0.6 is 11.8 Å². The van der Waals surface area contributed by atoms with Gasteiger partial charge in [0.2, 0.25) is 0 Å². The first kappa shape index (κ1) is 16.5. The average molecular weight is 364 g/mol. The third-order valence-electron chi connectivity index (χ3n) is 4.34. The van der Waals surface area contributed by atoms with E-state index in [4.69, 9.17) is 4.74 Å². The summed E-state index contributed by atoms with van der Waals surface area (Å²) in [6.07, 6.45) is 3.75. The van der Waals surface area contributed by atoms with Crippen molar-refractivity contribution in [3.63, 3.8) is 0 Å². The fourth-order valence-corrected chi connectivity index (χ4v) is 3.88. The molecule has 0 saturated carbocycles. The number of methoxy groups -OCH3 is 1. The number of imide groups is 1. The molecule has 0 radical (unpaired) electrons. The number of rotatable bonds is 3. The highest BCUT2D eigenvalue weighted by Gasteiger charge is 2.36. The number of amides is 2. The van der Waals surface area contributed by atoms with E-state index in [1.54, 1.807) is 37.5 Å². The van der Waals surface area contributed by atoms with Gasteiger partial charge in [0.25, 0.3) is 11.1 Å². The molecular formula is C20H16N2O3S. The van der Waals surface area contributed by atoms with E-state index >= 15 is 0 Å². The summed E-state index contributed by atoms with van der Waals surface area (Å²) in [6, 6.07) is 14.8. The highest BCUT2D eigenvalue weighted by atomic mass is 32.2. The number of aromatic nitrogens is 1. The number of carbonyl (C=O) groups is 2. The molecule has 26 heavy (non-hydrogen) atoms. The minimum Gasteiger partial charge on any atom is -0.497 e. The number of thioether (sulfide) groups is 1. The lowest BCUT2D eigenvalue weighted by Crippen LogP contribution is -2.27. The topological polar surface area (TPSA) is 51.5 Å². The van der Waals surface area contributed by atoms with Crippen LogP contribution in [0.2, 0.25) is 0 Å². The number of ether oxygens (including phenoxy) is 1. The van der Waals surface area contributed by atoms with Crippen LogP contribution in [0.15, 0.2) is 59.6 Å². The predicted molar refractivity (Wildman–Crippen MR) is 104 cm³/mol. The number of aryl methyl sites for hydroxylation is 1. The van der Waals surface area contributed by atoms with E-state index in [-0.39, 0.29) is 11.1 Å². The molecule has 6 heteroatoms. The van der Waals surface area contributed by atoms with Gasteiger partial charge in [-0.05, 0) is 48.2 Å². The summed E-state index contributed by atoms with van der Waals surface area (Å²) in [6.45, 7) is 0. The van der Waals surface area contributed by atoms with Gasteiger partial charge in [-0.2, -0.15) is 0 Å². The predicted octanol–water partition coefficient (Wildman–Crippen LogP) is 4.43. The molecule has 2 heterocycles. The van der Waals surface area contributed by atoms with Crippen LogP contribution in [0.4, 0.5) is 10.5 Å². The summed E-state index contributed by atoms with van der Waals surface area (Å²) in [5.41, 5.74) is 2.53. The monoisotopic (exact) mass is 364 g/mol. The molecule has 0 aliphatic carbocycles. The minimum atomic E-state index is -0.307. The highest BCUT2D eigenvalue weighted by Crippen LogP contribution is 2.37. The van der Waals surface area contributed by atoms with Gasteiger partial charge in [0.05, 0.1) is 17.7 Å². The smallest absolute Gasteiger partial charge is 0.298 e. The van der Waals surface area contributed by atoms with E-state index in [9.17, 15) is 9.59 Å². The summed E-state index contributed by atoms with van der Waals surface area (Å²) in [4.78, 5) is 26.8. The number of anilines is 1. The van der Waals surface area contributed by atoms with Crippen LogP contribution in [-0.2, 0) is 11.8 Å². The molecule has 1 saturated heterocycles.